The number of benzene rings is 1. The van der Waals surface area contributed by atoms with Gasteiger partial charge in [0, 0.05) is 11.6 Å². The zero-order valence-corrected chi connectivity index (χ0v) is 12.8. The summed E-state index contributed by atoms with van der Waals surface area (Å²) in [7, 11) is 1.57. The van der Waals surface area contributed by atoms with E-state index in [0.29, 0.717) is 24.3 Å². The number of carboxylic acids is 1. The molecule has 1 fully saturated rings. The van der Waals surface area contributed by atoms with E-state index in [0.717, 1.165) is 12.8 Å². The summed E-state index contributed by atoms with van der Waals surface area (Å²) in [4.78, 5) is 13.7. The summed E-state index contributed by atoms with van der Waals surface area (Å²) in [6, 6.07) is 4.86. The molecular weight excluding hydrogens is 270 g/mol. The molecule has 1 aromatic carbocycles. The number of piperidine rings is 1. The van der Waals surface area contributed by atoms with Crippen molar-refractivity contribution in [3.05, 3.63) is 23.8 Å². The summed E-state index contributed by atoms with van der Waals surface area (Å²) in [6.07, 6.45) is 2.51. The van der Waals surface area contributed by atoms with Crippen LogP contribution >= 0.6 is 0 Å². The highest BCUT2D eigenvalue weighted by Crippen LogP contribution is 2.39. The van der Waals surface area contributed by atoms with Crippen LogP contribution in [0.4, 0.5) is 0 Å². The van der Waals surface area contributed by atoms with Gasteiger partial charge in [0.1, 0.15) is 17.0 Å². The molecule has 2 N–H and O–H groups in total. The lowest BCUT2D eigenvalue weighted by atomic mass is 9.86. The molecule has 2 unspecified atom stereocenters. The van der Waals surface area contributed by atoms with E-state index in [-0.39, 0.29) is 11.8 Å². The summed E-state index contributed by atoms with van der Waals surface area (Å²) in [6.45, 7) is 4.41. The molecule has 2 rings (SSSR count). The zero-order chi connectivity index (χ0) is 15.6. The molecule has 0 aromatic heterocycles. The zero-order valence-electron chi connectivity index (χ0n) is 12.8. The Kier molecular flexibility index (Phi) is 4.42. The molecule has 0 amide bonds. The fraction of sp³-hybridized carbons (Fsp3) is 0.562. The lowest BCUT2D eigenvalue weighted by Gasteiger charge is -2.45. The van der Waals surface area contributed by atoms with Crippen LogP contribution in [0.5, 0.6) is 11.5 Å². The second-order valence-electron chi connectivity index (χ2n) is 5.83. The van der Waals surface area contributed by atoms with Gasteiger partial charge in [0.15, 0.2) is 0 Å². The van der Waals surface area contributed by atoms with Crippen LogP contribution in [0.15, 0.2) is 18.2 Å². The number of methoxy groups -OCH3 is 1. The van der Waals surface area contributed by atoms with Crippen LogP contribution in [-0.2, 0) is 4.79 Å². The van der Waals surface area contributed by atoms with Crippen molar-refractivity contribution in [2.75, 3.05) is 13.7 Å². The monoisotopic (exact) mass is 293 g/mol. The van der Waals surface area contributed by atoms with Crippen LogP contribution < -0.4 is 4.74 Å². The van der Waals surface area contributed by atoms with Gasteiger partial charge in [0.25, 0.3) is 0 Å². The van der Waals surface area contributed by atoms with E-state index >= 15 is 0 Å². The van der Waals surface area contributed by atoms with Crippen molar-refractivity contribution in [3.63, 3.8) is 0 Å². The SMILES string of the molecule is COc1ccc(O)c(C(C)N2CCCCC2(C)C(=O)O)c1. The van der Waals surface area contributed by atoms with Crippen molar-refractivity contribution in [1.82, 2.24) is 4.90 Å². The van der Waals surface area contributed by atoms with Gasteiger partial charge >= 0.3 is 5.97 Å². The van der Waals surface area contributed by atoms with Gasteiger partial charge in [-0.3, -0.25) is 9.69 Å². The average molecular weight is 293 g/mol. The number of carbonyl (C=O) groups is 1. The second kappa shape index (κ2) is 5.93. The van der Waals surface area contributed by atoms with Crippen molar-refractivity contribution in [2.24, 2.45) is 0 Å². The van der Waals surface area contributed by atoms with Gasteiger partial charge in [-0.25, -0.2) is 0 Å². The Morgan fingerprint density at radius 3 is 2.76 bits per heavy atom. The Bertz CT molecular complexity index is 531. The molecule has 2 atom stereocenters. The number of aliphatic carboxylic acids is 1. The molecular formula is C16H23NO4. The minimum Gasteiger partial charge on any atom is -0.508 e. The van der Waals surface area contributed by atoms with E-state index in [1.807, 2.05) is 11.8 Å². The number of nitrogens with zero attached hydrogens (tertiary/aromatic N) is 1. The highest BCUT2D eigenvalue weighted by molar-refractivity contribution is 5.78. The molecule has 1 aliphatic heterocycles. The predicted molar refractivity (Wildman–Crippen MR) is 79.7 cm³/mol. The van der Waals surface area contributed by atoms with Crippen LogP contribution in [0.1, 0.15) is 44.7 Å². The number of carboxylic acid groups (broad SMARTS) is 1. The summed E-state index contributed by atoms with van der Waals surface area (Å²) < 4.78 is 5.20. The maximum Gasteiger partial charge on any atom is 0.323 e. The number of likely N-dealkylation sites (tertiary alicyclic amines) is 1. The van der Waals surface area contributed by atoms with E-state index in [1.165, 1.54) is 0 Å². The van der Waals surface area contributed by atoms with E-state index in [2.05, 4.69) is 0 Å². The van der Waals surface area contributed by atoms with Gasteiger partial charge in [-0.1, -0.05) is 0 Å². The van der Waals surface area contributed by atoms with Crippen LogP contribution in [0.3, 0.4) is 0 Å². The Morgan fingerprint density at radius 1 is 1.43 bits per heavy atom. The molecule has 5 nitrogen and oxygen atoms in total. The maximum atomic E-state index is 11.7. The third-order valence-corrected chi connectivity index (χ3v) is 4.56. The fourth-order valence-corrected chi connectivity index (χ4v) is 3.15. The van der Waals surface area contributed by atoms with Crippen molar-refractivity contribution in [1.29, 1.82) is 0 Å². The standard InChI is InChI=1S/C16H23NO4/c1-11(13-10-12(21-3)6-7-14(13)18)17-9-5-4-8-16(17,2)15(19)20/h6-7,10-11,18H,4-5,8-9H2,1-3H3,(H,19,20). The van der Waals surface area contributed by atoms with Crippen molar-refractivity contribution < 1.29 is 19.7 Å². The summed E-state index contributed by atoms with van der Waals surface area (Å²) in [5.41, 5.74) is -0.198. The number of phenols is 1. The normalized spacial score (nSPS) is 24.5. The predicted octanol–water partition coefficient (Wildman–Crippen LogP) is 2.79. The molecule has 0 spiro atoms. The van der Waals surface area contributed by atoms with Gasteiger partial charge in [0.2, 0.25) is 0 Å². The maximum absolute atomic E-state index is 11.7. The summed E-state index contributed by atoms with van der Waals surface area (Å²) in [5.74, 6) is 0.0155. The van der Waals surface area contributed by atoms with Gasteiger partial charge in [-0.15, -0.1) is 0 Å². The molecule has 0 saturated carbocycles. The minimum atomic E-state index is -0.896. The Labute approximate surface area is 125 Å². The lowest BCUT2D eigenvalue weighted by molar-refractivity contribution is -0.155. The number of phenolic OH excluding ortho intramolecular Hbond substituents is 1. The van der Waals surface area contributed by atoms with Crippen molar-refractivity contribution in [2.45, 2.75) is 44.7 Å². The van der Waals surface area contributed by atoms with E-state index < -0.39 is 11.5 Å². The van der Waals surface area contributed by atoms with Gasteiger partial charge in [0.05, 0.1) is 7.11 Å². The number of rotatable bonds is 4. The molecule has 116 valence electrons. The number of hydrogen-bond acceptors (Lipinski definition) is 4. The molecule has 1 aliphatic rings. The first-order valence-corrected chi connectivity index (χ1v) is 7.27. The lowest BCUT2D eigenvalue weighted by Crippen LogP contribution is -2.55. The van der Waals surface area contributed by atoms with Gasteiger partial charge in [-0.05, 0) is 57.9 Å². The molecule has 1 aromatic rings. The Morgan fingerprint density at radius 2 is 2.14 bits per heavy atom. The molecule has 21 heavy (non-hydrogen) atoms. The van der Waals surface area contributed by atoms with E-state index in [9.17, 15) is 15.0 Å². The van der Waals surface area contributed by atoms with Crippen LogP contribution in [0, 0.1) is 0 Å². The highest BCUT2D eigenvalue weighted by atomic mass is 16.5. The van der Waals surface area contributed by atoms with E-state index in [1.54, 1.807) is 32.2 Å². The summed E-state index contributed by atoms with van der Waals surface area (Å²) in [5, 5.41) is 19.7. The molecule has 1 heterocycles. The van der Waals surface area contributed by atoms with Crippen LogP contribution in [0.2, 0.25) is 0 Å². The fourth-order valence-electron chi connectivity index (χ4n) is 3.15. The van der Waals surface area contributed by atoms with Gasteiger partial charge in [-0.2, -0.15) is 0 Å². The quantitative estimate of drug-likeness (QED) is 0.893. The Balaban J connectivity index is 2.37. The minimum absolute atomic E-state index is 0.168. The molecule has 0 aliphatic carbocycles. The summed E-state index contributed by atoms with van der Waals surface area (Å²) >= 11 is 0. The number of hydrogen-bond donors (Lipinski definition) is 2. The van der Waals surface area contributed by atoms with Crippen molar-refractivity contribution in [3.8, 4) is 11.5 Å². The topological polar surface area (TPSA) is 70.0 Å². The number of aromatic hydroxyl groups is 1. The van der Waals surface area contributed by atoms with Crippen LogP contribution in [0.25, 0.3) is 0 Å². The molecule has 1 saturated heterocycles. The third kappa shape index (κ3) is 2.83. The van der Waals surface area contributed by atoms with Crippen molar-refractivity contribution >= 4 is 5.97 Å². The van der Waals surface area contributed by atoms with E-state index in [4.69, 9.17) is 4.74 Å². The molecule has 0 radical (unpaired) electrons. The largest absolute Gasteiger partial charge is 0.508 e. The first-order valence-electron chi connectivity index (χ1n) is 7.27. The Hall–Kier alpha value is -1.75. The molecule has 0 bridgehead atoms. The van der Waals surface area contributed by atoms with Crippen LogP contribution in [-0.4, -0.2) is 40.3 Å². The number of ether oxygens (including phenoxy) is 1. The molecule has 5 heteroatoms. The average Bonchev–Trinajstić information content (AvgIpc) is 2.47. The first-order chi connectivity index (χ1) is 9.90. The van der Waals surface area contributed by atoms with Gasteiger partial charge < -0.3 is 14.9 Å². The highest BCUT2D eigenvalue weighted by Gasteiger charge is 2.44. The first kappa shape index (κ1) is 15.6. The second-order valence-corrected chi connectivity index (χ2v) is 5.83. The third-order valence-electron chi connectivity index (χ3n) is 4.56. The smallest absolute Gasteiger partial charge is 0.323 e.